The number of rotatable bonds is 3. The third kappa shape index (κ3) is 2.36. The van der Waals surface area contributed by atoms with Gasteiger partial charge in [0.2, 0.25) is 21.3 Å². The molecule has 1 heterocycles. The van der Waals surface area contributed by atoms with Crippen LogP contribution in [0.25, 0.3) is 0 Å². The molecule has 0 unspecified atom stereocenters. The molecule has 16 heavy (non-hydrogen) atoms. The highest BCUT2D eigenvalue weighted by atomic mass is 32.2. The molecule has 0 bridgehead atoms. The zero-order valence-electron chi connectivity index (χ0n) is 8.03. The van der Waals surface area contributed by atoms with Gasteiger partial charge in [-0.05, 0) is 0 Å². The molecule has 3 N–H and O–H groups in total. The van der Waals surface area contributed by atoms with Crippen LogP contribution < -0.4 is 15.3 Å². The first-order chi connectivity index (χ1) is 7.27. The summed E-state index contributed by atoms with van der Waals surface area (Å²) in [6.45, 7) is 0. The minimum atomic E-state index is -4.33. The Labute approximate surface area is 89.1 Å². The van der Waals surface area contributed by atoms with Crippen molar-refractivity contribution in [3.63, 3.8) is 0 Å². The van der Waals surface area contributed by atoms with Crippen molar-refractivity contribution in [3.05, 3.63) is 22.0 Å². The van der Waals surface area contributed by atoms with Gasteiger partial charge in [0.05, 0.1) is 12.8 Å². The number of nitrogens with two attached hydrogens (primary N) is 1. The average Bonchev–Trinajstić information content (AvgIpc) is 2.14. The first kappa shape index (κ1) is 12.6. The average molecular weight is 254 g/mol. The van der Waals surface area contributed by atoms with Gasteiger partial charge in [0, 0.05) is 6.07 Å². The normalized spacial score (nSPS) is 11.8. The zero-order valence-corrected chi connectivity index (χ0v) is 8.85. The zero-order chi connectivity index (χ0) is 12.5. The highest BCUT2D eigenvalue weighted by molar-refractivity contribution is 7.89. The van der Waals surface area contributed by atoms with Crippen molar-refractivity contribution in [2.45, 2.75) is 11.3 Å². The molecular weight excluding hydrogens is 246 g/mol. The van der Waals surface area contributed by atoms with Gasteiger partial charge in [0.25, 0.3) is 6.43 Å². The molecular formula is C7H8F2N2O4S. The highest BCUT2D eigenvalue weighted by Gasteiger charge is 2.23. The maximum atomic E-state index is 12.3. The summed E-state index contributed by atoms with van der Waals surface area (Å²) in [5.41, 5.74) is -1.89. The van der Waals surface area contributed by atoms with E-state index in [4.69, 9.17) is 5.14 Å². The van der Waals surface area contributed by atoms with Crippen LogP contribution in [-0.4, -0.2) is 20.5 Å². The van der Waals surface area contributed by atoms with Gasteiger partial charge in [-0.3, -0.25) is 4.79 Å². The van der Waals surface area contributed by atoms with Crippen LogP contribution in [0.5, 0.6) is 5.88 Å². The van der Waals surface area contributed by atoms with Crippen molar-refractivity contribution < 1.29 is 21.9 Å². The van der Waals surface area contributed by atoms with Gasteiger partial charge in [-0.2, -0.15) is 0 Å². The van der Waals surface area contributed by atoms with E-state index in [0.717, 1.165) is 7.11 Å². The minimum Gasteiger partial charge on any atom is -0.481 e. The van der Waals surface area contributed by atoms with Crippen LogP contribution in [0.15, 0.2) is 15.8 Å². The predicted octanol–water partition coefficient (Wildman–Crippen LogP) is -0.0315. The number of sulfonamides is 1. The van der Waals surface area contributed by atoms with Gasteiger partial charge in [0.15, 0.2) is 4.90 Å². The quantitative estimate of drug-likeness (QED) is 0.790. The minimum absolute atomic E-state index is 0.465. The number of aromatic amines is 1. The van der Waals surface area contributed by atoms with E-state index >= 15 is 0 Å². The molecule has 90 valence electrons. The number of ether oxygens (including phenoxy) is 1. The summed E-state index contributed by atoms with van der Waals surface area (Å²) >= 11 is 0. The summed E-state index contributed by atoms with van der Waals surface area (Å²) in [6, 6.07) is 0.465. The summed E-state index contributed by atoms with van der Waals surface area (Å²) in [7, 11) is -3.31. The van der Waals surface area contributed by atoms with E-state index in [2.05, 4.69) is 4.74 Å². The lowest BCUT2D eigenvalue weighted by Gasteiger charge is -2.08. The van der Waals surface area contributed by atoms with Crippen molar-refractivity contribution in [1.82, 2.24) is 4.98 Å². The van der Waals surface area contributed by atoms with Crippen molar-refractivity contribution in [2.24, 2.45) is 5.14 Å². The van der Waals surface area contributed by atoms with Crippen molar-refractivity contribution in [3.8, 4) is 5.88 Å². The topological polar surface area (TPSA) is 102 Å². The number of H-pyrrole nitrogens is 1. The summed E-state index contributed by atoms with van der Waals surface area (Å²) < 4.78 is 51.1. The van der Waals surface area contributed by atoms with Gasteiger partial charge in [-0.25, -0.2) is 22.3 Å². The lowest BCUT2D eigenvalue weighted by molar-refractivity contribution is 0.144. The number of alkyl halides is 2. The fraction of sp³-hybridized carbons (Fsp3) is 0.286. The number of aromatic nitrogens is 1. The van der Waals surface area contributed by atoms with E-state index in [1.54, 1.807) is 0 Å². The van der Waals surface area contributed by atoms with E-state index in [0.29, 0.717) is 6.07 Å². The number of primary sulfonamides is 1. The lowest BCUT2D eigenvalue weighted by Crippen LogP contribution is -2.23. The molecule has 1 aromatic rings. The maximum Gasteiger partial charge on any atom is 0.278 e. The molecule has 0 aliphatic heterocycles. The second kappa shape index (κ2) is 4.18. The number of halogens is 2. The third-order valence-corrected chi connectivity index (χ3v) is 2.65. The molecule has 6 nitrogen and oxygen atoms in total. The molecule has 9 heteroatoms. The summed E-state index contributed by atoms with van der Waals surface area (Å²) in [6.07, 6.45) is -2.95. The van der Waals surface area contributed by atoms with Crippen LogP contribution in [0.1, 0.15) is 12.1 Å². The first-order valence-corrected chi connectivity index (χ1v) is 5.44. The molecule has 1 rings (SSSR count). The molecule has 0 fully saturated rings. The van der Waals surface area contributed by atoms with Crippen molar-refractivity contribution in [1.29, 1.82) is 0 Å². The molecule has 0 radical (unpaired) electrons. The Morgan fingerprint density at radius 3 is 2.44 bits per heavy atom. The highest BCUT2D eigenvalue weighted by Crippen LogP contribution is 2.21. The smallest absolute Gasteiger partial charge is 0.278 e. The standard InChI is InChI=1S/C7H8F2N2O4S/c1-15-7-5(16(10,13)14)4(12)2-3(11-7)6(8)9/h2,6H,1H3,(H,11,12)(H2,10,13,14). The van der Waals surface area contributed by atoms with Crippen LogP contribution in [0.4, 0.5) is 8.78 Å². The summed E-state index contributed by atoms with van der Waals surface area (Å²) in [5, 5.41) is 4.74. The lowest BCUT2D eigenvalue weighted by atomic mass is 10.3. The largest absolute Gasteiger partial charge is 0.481 e. The van der Waals surface area contributed by atoms with E-state index in [-0.39, 0.29) is 0 Å². The predicted molar refractivity (Wildman–Crippen MR) is 49.9 cm³/mol. The Morgan fingerprint density at radius 2 is 2.06 bits per heavy atom. The number of hydrogen-bond donors (Lipinski definition) is 2. The maximum absolute atomic E-state index is 12.3. The molecule has 0 saturated carbocycles. The Morgan fingerprint density at radius 1 is 1.50 bits per heavy atom. The van der Waals surface area contributed by atoms with E-state index in [1.165, 1.54) is 0 Å². The number of methoxy groups -OCH3 is 1. The Kier molecular flexibility index (Phi) is 3.29. The van der Waals surface area contributed by atoms with Crippen LogP contribution in [-0.2, 0) is 10.0 Å². The molecule has 0 aromatic carbocycles. The van der Waals surface area contributed by atoms with Crippen molar-refractivity contribution >= 4 is 10.0 Å². The Bertz CT molecular complexity index is 552. The fourth-order valence-electron chi connectivity index (χ4n) is 1.07. The molecule has 0 saturated heterocycles. The van der Waals surface area contributed by atoms with Crippen LogP contribution >= 0.6 is 0 Å². The van der Waals surface area contributed by atoms with Gasteiger partial charge in [0.1, 0.15) is 0 Å². The monoisotopic (exact) mass is 254 g/mol. The van der Waals surface area contributed by atoms with Crippen molar-refractivity contribution in [2.75, 3.05) is 7.11 Å². The number of pyridine rings is 1. The van der Waals surface area contributed by atoms with Gasteiger partial charge in [-0.1, -0.05) is 0 Å². The second-order valence-electron chi connectivity index (χ2n) is 2.80. The number of nitrogens with one attached hydrogen (secondary N) is 1. The van der Waals surface area contributed by atoms with Gasteiger partial charge in [-0.15, -0.1) is 0 Å². The molecule has 0 aliphatic rings. The third-order valence-electron chi connectivity index (χ3n) is 1.70. The molecule has 0 amide bonds. The molecule has 1 aromatic heterocycles. The van der Waals surface area contributed by atoms with E-state index in [1.807, 2.05) is 4.98 Å². The Balaban J connectivity index is 3.60. The SMILES string of the molecule is COc1[nH]c(C(F)F)cc(=O)c1S(N)(=O)=O. The number of hydrogen-bond acceptors (Lipinski definition) is 4. The Hall–Kier alpha value is -1.48. The van der Waals surface area contributed by atoms with Gasteiger partial charge < -0.3 is 9.72 Å². The fourth-order valence-corrected chi connectivity index (χ4v) is 1.81. The molecule has 0 aliphatic carbocycles. The first-order valence-electron chi connectivity index (χ1n) is 3.89. The van der Waals surface area contributed by atoms with E-state index < -0.39 is 38.3 Å². The van der Waals surface area contributed by atoms with Gasteiger partial charge >= 0.3 is 0 Å². The molecule has 0 atom stereocenters. The molecule has 0 spiro atoms. The van der Waals surface area contributed by atoms with Crippen LogP contribution in [0, 0.1) is 0 Å². The van der Waals surface area contributed by atoms with Crippen LogP contribution in [0.2, 0.25) is 0 Å². The summed E-state index contributed by atoms with van der Waals surface area (Å²) in [5.74, 6) is -0.606. The van der Waals surface area contributed by atoms with Crippen LogP contribution in [0.3, 0.4) is 0 Å². The van der Waals surface area contributed by atoms with E-state index in [9.17, 15) is 22.0 Å². The second-order valence-corrected chi connectivity index (χ2v) is 4.30. The summed E-state index contributed by atoms with van der Waals surface area (Å²) in [4.78, 5) is 12.4.